The molecule has 1 saturated heterocycles. The van der Waals surface area contributed by atoms with Crippen LogP contribution in [0.2, 0.25) is 0 Å². The van der Waals surface area contributed by atoms with Crippen molar-refractivity contribution >= 4 is 40.5 Å². The van der Waals surface area contributed by atoms with Gasteiger partial charge in [0, 0.05) is 47.0 Å². The number of carbonyl (C=O) groups is 4. The second-order valence-electron chi connectivity index (χ2n) is 17.1. The molecule has 3 N–H and O–H groups in total. The second-order valence-corrected chi connectivity index (χ2v) is 17.1. The average molecular weight is 722 g/mol. The third kappa shape index (κ3) is 8.41. The van der Waals surface area contributed by atoms with Crippen LogP contribution in [0.3, 0.4) is 0 Å². The van der Waals surface area contributed by atoms with E-state index in [-0.39, 0.29) is 36.0 Å². The number of aromatic nitrogens is 1. The summed E-state index contributed by atoms with van der Waals surface area (Å²) >= 11 is 0. The van der Waals surface area contributed by atoms with Crippen molar-refractivity contribution in [3.63, 3.8) is 0 Å². The van der Waals surface area contributed by atoms with E-state index in [0.717, 1.165) is 86.4 Å². The highest BCUT2D eigenvalue weighted by Crippen LogP contribution is 2.44. The van der Waals surface area contributed by atoms with E-state index in [2.05, 4.69) is 15.6 Å². The molecule has 2 aliphatic carbocycles. The van der Waals surface area contributed by atoms with Crippen LogP contribution in [0.25, 0.3) is 16.5 Å². The number of carbonyl (C=O) groups excluding carboxylic acids is 4. The maximum atomic E-state index is 14.8. The quantitative estimate of drug-likeness (QED) is 0.273. The normalized spacial score (nSPS) is 21.6. The van der Waals surface area contributed by atoms with Gasteiger partial charge >= 0.3 is 12.2 Å². The number of nitrogens with one attached hydrogen (secondary N) is 3. The molecule has 3 atom stereocenters. The van der Waals surface area contributed by atoms with Crippen molar-refractivity contribution < 1.29 is 33.0 Å². The fourth-order valence-corrected chi connectivity index (χ4v) is 8.66. The van der Waals surface area contributed by atoms with Crippen molar-refractivity contribution in [2.24, 2.45) is 11.8 Å². The standard InChI is InChI=1S/C40H56FN5O6/c1-39(2,3)51-37(49)43-32(24-13-9-7-10-14-24)35(47)45-20-19-31-34(45)29(28-22-42-30-21-26(41)17-18-27(28)30)23-46(31)36(48)33(25-15-11-8-12-16-25)44-38(50)52-40(4,5)6/h17-18,21-22,24-25,31-33,42H,7-16,19-20,23H2,1-6H3,(H,43,49)(H,44,50). The van der Waals surface area contributed by atoms with E-state index in [1.54, 1.807) is 52.5 Å². The van der Waals surface area contributed by atoms with E-state index in [0.29, 0.717) is 18.5 Å². The number of alkyl carbamates (subject to hydrolysis) is 2. The molecule has 1 aromatic heterocycles. The SMILES string of the molecule is CC(C)(C)OC(=O)NC(C(=O)N1CCC2C1=C(c1c[nH]c3cc(F)ccc13)CN2C(=O)C(NC(=O)OC(C)(C)C)C1CCCCC1)C1CCCCC1. The van der Waals surface area contributed by atoms with Crippen molar-refractivity contribution in [3.8, 4) is 0 Å². The van der Waals surface area contributed by atoms with Crippen LogP contribution in [0.5, 0.6) is 0 Å². The number of halogens is 1. The molecular weight excluding hydrogens is 665 g/mol. The number of likely N-dealkylation sites (tertiary alicyclic amines) is 1. The lowest BCUT2D eigenvalue weighted by Crippen LogP contribution is -2.55. The van der Waals surface area contributed by atoms with Crippen LogP contribution in [0.15, 0.2) is 30.1 Å². The Bertz CT molecular complexity index is 1690. The summed E-state index contributed by atoms with van der Waals surface area (Å²) in [4.78, 5) is 62.8. The maximum Gasteiger partial charge on any atom is 0.408 e. The number of aromatic amines is 1. The number of H-pyrrole nitrogens is 1. The van der Waals surface area contributed by atoms with E-state index >= 15 is 0 Å². The first-order valence-corrected chi connectivity index (χ1v) is 19.2. The molecule has 2 aliphatic heterocycles. The Morgan fingerprint density at radius 1 is 0.788 bits per heavy atom. The van der Waals surface area contributed by atoms with E-state index in [1.165, 1.54) is 12.1 Å². The van der Waals surface area contributed by atoms with Crippen LogP contribution in [0.4, 0.5) is 14.0 Å². The largest absolute Gasteiger partial charge is 0.444 e. The predicted octanol–water partition coefficient (Wildman–Crippen LogP) is 7.41. The Kier molecular flexibility index (Phi) is 10.9. The zero-order valence-corrected chi connectivity index (χ0v) is 31.6. The smallest absolute Gasteiger partial charge is 0.408 e. The van der Waals surface area contributed by atoms with E-state index in [1.807, 2.05) is 11.1 Å². The molecule has 52 heavy (non-hydrogen) atoms. The summed E-state index contributed by atoms with van der Waals surface area (Å²) in [6.07, 6.45) is 10.4. The van der Waals surface area contributed by atoms with Crippen molar-refractivity contribution in [1.82, 2.24) is 25.4 Å². The van der Waals surface area contributed by atoms with Gasteiger partial charge in [0.2, 0.25) is 11.8 Å². The molecule has 3 unspecified atom stereocenters. The Balaban J connectivity index is 1.37. The summed E-state index contributed by atoms with van der Waals surface area (Å²) in [6, 6.07) is 2.54. The summed E-state index contributed by atoms with van der Waals surface area (Å²) in [6.45, 7) is 11.3. The molecule has 0 bridgehead atoms. The Morgan fingerprint density at radius 3 is 1.87 bits per heavy atom. The molecule has 0 spiro atoms. The molecule has 4 aliphatic rings. The van der Waals surface area contributed by atoms with Gasteiger partial charge in [-0.15, -0.1) is 0 Å². The molecule has 284 valence electrons. The van der Waals surface area contributed by atoms with Gasteiger partial charge in [0.1, 0.15) is 29.1 Å². The number of fused-ring (bicyclic) bond motifs is 2. The molecular formula is C40H56FN5O6. The molecule has 4 amide bonds. The van der Waals surface area contributed by atoms with Gasteiger partial charge in [-0.1, -0.05) is 38.5 Å². The summed E-state index contributed by atoms with van der Waals surface area (Å²) in [5.74, 6) is -0.898. The molecule has 12 heteroatoms. The maximum absolute atomic E-state index is 14.8. The van der Waals surface area contributed by atoms with Gasteiger partial charge in [-0.05, 0) is 104 Å². The van der Waals surface area contributed by atoms with E-state index in [9.17, 15) is 23.6 Å². The van der Waals surface area contributed by atoms with Crippen molar-refractivity contribution in [2.75, 3.05) is 13.1 Å². The first-order chi connectivity index (χ1) is 24.6. The minimum absolute atomic E-state index is 0.0508. The Labute approximate surface area is 306 Å². The van der Waals surface area contributed by atoms with Crippen LogP contribution >= 0.6 is 0 Å². The van der Waals surface area contributed by atoms with Crippen LogP contribution in [-0.4, -0.2) is 81.2 Å². The highest BCUT2D eigenvalue weighted by molar-refractivity contribution is 5.99. The van der Waals surface area contributed by atoms with Crippen LogP contribution < -0.4 is 10.6 Å². The highest BCUT2D eigenvalue weighted by atomic mass is 19.1. The van der Waals surface area contributed by atoms with Crippen molar-refractivity contribution in [3.05, 3.63) is 41.5 Å². The number of rotatable bonds is 7. The molecule has 2 aromatic rings. The summed E-state index contributed by atoms with van der Waals surface area (Å²) in [7, 11) is 0. The molecule has 3 fully saturated rings. The molecule has 11 nitrogen and oxygen atoms in total. The summed E-state index contributed by atoms with van der Waals surface area (Å²) < 4.78 is 25.5. The Hall–Kier alpha value is -4.09. The zero-order valence-electron chi connectivity index (χ0n) is 31.6. The van der Waals surface area contributed by atoms with Crippen molar-refractivity contribution in [2.45, 2.75) is 141 Å². The minimum Gasteiger partial charge on any atom is -0.444 e. The first-order valence-electron chi connectivity index (χ1n) is 19.2. The zero-order chi connectivity index (χ0) is 37.4. The number of ether oxygens (including phenoxy) is 2. The average Bonchev–Trinajstić information content (AvgIpc) is 3.79. The summed E-state index contributed by atoms with van der Waals surface area (Å²) in [5, 5.41) is 6.70. The number of hydrogen-bond donors (Lipinski definition) is 3. The lowest BCUT2D eigenvalue weighted by atomic mass is 9.83. The lowest BCUT2D eigenvalue weighted by molar-refractivity contribution is -0.136. The third-order valence-corrected chi connectivity index (χ3v) is 10.9. The third-order valence-electron chi connectivity index (χ3n) is 10.9. The van der Waals surface area contributed by atoms with Gasteiger partial charge in [0.05, 0.1) is 6.04 Å². The number of amides is 4. The monoisotopic (exact) mass is 721 g/mol. The topological polar surface area (TPSA) is 133 Å². The molecule has 6 rings (SSSR count). The van der Waals surface area contributed by atoms with Gasteiger partial charge in [-0.3, -0.25) is 9.59 Å². The fourth-order valence-electron chi connectivity index (χ4n) is 8.66. The first kappa shape index (κ1) is 37.7. The summed E-state index contributed by atoms with van der Waals surface area (Å²) in [5.41, 5.74) is 1.44. The van der Waals surface area contributed by atoms with Crippen LogP contribution in [0.1, 0.15) is 118 Å². The van der Waals surface area contributed by atoms with E-state index < -0.39 is 41.5 Å². The van der Waals surface area contributed by atoms with Crippen LogP contribution in [-0.2, 0) is 19.1 Å². The van der Waals surface area contributed by atoms with Crippen molar-refractivity contribution in [1.29, 1.82) is 0 Å². The van der Waals surface area contributed by atoms with Gasteiger partial charge in [0.25, 0.3) is 0 Å². The number of benzene rings is 1. The highest BCUT2D eigenvalue weighted by Gasteiger charge is 2.49. The fraction of sp³-hybridized carbons (Fsp3) is 0.650. The lowest BCUT2D eigenvalue weighted by Gasteiger charge is -2.35. The van der Waals surface area contributed by atoms with Gasteiger partial charge in [0.15, 0.2) is 0 Å². The predicted molar refractivity (Wildman–Crippen MR) is 196 cm³/mol. The molecule has 2 saturated carbocycles. The molecule has 0 radical (unpaired) electrons. The second kappa shape index (κ2) is 15.1. The van der Waals surface area contributed by atoms with Gasteiger partial charge < -0.3 is 34.9 Å². The molecule has 1 aromatic carbocycles. The van der Waals surface area contributed by atoms with Gasteiger partial charge in [-0.25, -0.2) is 14.0 Å². The number of nitrogens with zero attached hydrogens (tertiary/aromatic N) is 2. The van der Waals surface area contributed by atoms with Gasteiger partial charge in [-0.2, -0.15) is 0 Å². The van der Waals surface area contributed by atoms with E-state index in [4.69, 9.17) is 9.47 Å². The van der Waals surface area contributed by atoms with Crippen LogP contribution in [0, 0.1) is 17.7 Å². The Morgan fingerprint density at radius 2 is 1.33 bits per heavy atom. The minimum atomic E-state index is -0.798. The number of hydrogen-bond acceptors (Lipinski definition) is 6. The molecule has 3 heterocycles.